The Labute approximate surface area is 216 Å². The Hall–Kier alpha value is -4.15. The number of amides is 1. The summed E-state index contributed by atoms with van der Waals surface area (Å²) in [5.74, 6) is 2.75. The molecule has 3 N–H and O–H groups in total. The van der Waals surface area contributed by atoms with Crippen molar-refractivity contribution < 1.29 is 22.7 Å². The minimum absolute atomic E-state index is 0.196. The second kappa shape index (κ2) is 9.00. The van der Waals surface area contributed by atoms with Crippen molar-refractivity contribution in [2.24, 2.45) is 11.8 Å². The van der Waals surface area contributed by atoms with Crippen molar-refractivity contribution in [3.63, 3.8) is 0 Å². The summed E-state index contributed by atoms with van der Waals surface area (Å²) in [5.41, 5.74) is 7.54. The number of benzene rings is 1. The number of nitrogens with one attached hydrogen (secondary N) is 1. The lowest BCUT2D eigenvalue weighted by atomic mass is 10.0. The van der Waals surface area contributed by atoms with Gasteiger partial charge in [-0.25, -0.2) is 15.0 Å². The molecule has 0 saturated heterocycles. The molecule has 2 aliphatic rings. The maximum atomic E-state index is 13.1. The molecule has 3 atom stereocenters. The summed E-state index contributed by atoms with van der Waals surface area (Å²) in [4.78, 5) is 26.1. The van der Waals surface area contributed by atoms with E-state index in [4.69, 9.17) is 15.5 Å². The molecular formula is C27H25F3N6O2. The SMILES string of the molecule is CCOc1cc(C(=O)Nc2cc(C(F)(F)F)ccn2)ccc1-c1nc(C2C[C@@H]3C[C@@H]3C2)n2ccnc(N)c12. The van der Waals surface area contributed by atoms with Crippen molar-refractivity contribution in [3.05, 3.63) is 65.9 Å². The van der Waals surface area contributed by atoms with Crippen LogP contribution in [0.4, 0.5) is 24.8 Å². The lowest BCUT2D eigenvalue weighted by molar-refractivity contribution is -0.137. The van der Waals surface area contributed by atoms with Crippen LogP contribution in [-0.4, -0.2) is 31.9 Å². The lowest BCUT2D eigenvalue weighted by Crippen LogP contribution is -2.14. The number of aromatic nitrogens is 4. The van der Waals surface area contributed by atoms with Crippen LogP contribution in [0.15, 0.2) is 48.9 Å². The van der Waals surface area contributed by atoms with Gasteiger partial charge in [0.05, 0.1) is 12.2 Å². The van der Waals surface area contributed by atoms with E-state index in [1.807, 2.05) is 17.5 Å². The van der Waals surface area contributed by atoms with E-state index in [-0.39, 0.29) is 11.4 Å². The van der Waals surface area contributed by atoms with Crippen molar-refractivity contribution in [1.29, 1.82) is 0 Å². The predicted octanol–water partition coefficient (Wildman–Crippen LogP) is 5.56. The Morgan fingerprint density at radius 1 is 1.13 bits per heavy atom. The van der Waals surface area contributed by atoms with Crippen molar-refractivity contribution in [1.82, 2.24) is 19.4 Å². The van der Waals surface area contributed by atoms with E-state index in [2.05, 4.69) is 15.3 Å². The van der Waals surface area contributed by atoms with E-state index < -0.39 is 17.6 Å². The van der Waals surface area contributed by atoms with Crippen LogP contribution in [0, 0.1) is 11.8 Å². The summed E-state index contributed by atoms with van der Waals surface area (Å²) < 4.78 is 47.1. The van der Waals surface area contributed by atoms with Crippen molar-refractivity contribution in [2.75, 3.05) is 17.7 Å². The van der Waals surface area contributed by atoms with Crippen LogP contribution < -0.4 is 15.8 Å². The number of hydrogen-bond acceptors (Lipinski definition) is 6. The summed E-state index contributed by atoms with van der Waals surface area (Å²) >= 11 is 0. The first-order valence-corrected chi connectivity index (χ1v) is 12.5. The highest BCUT2D eigenvalue weighted by Crippen LogP contribution is 2.57. The number of imidazole rings is 1. The number of carbonyl (C=O) groups excluding carboxylic acids is 1. The fourth-order valence-electron chi connectivity index (χ4n) is 5.49. The summed E-state index contributed by atoms with van der Waals surface area (Å²) in [6, 6.07) is 6.46. The number of nitrogen functional groups attached to an aromatic ring is 1. The van der Waals surface area contributed by atoms with Crippen LogP contribution >= 0.6 is 0 Å². The van der Waals surface area contributed by atoms with Crippen molar-refractivity contribution in [2.45, 2.75) is 38.3 Å². The largest absolute Gasteiger partial charge is 0.493 e. The Morgan fingerprint density at radius 2 is 1.92 bits per heavy atom. The van der Waals surface area contributed by atoms with Crippen molar-refractivity contribution >= 4 is 23.1 Å². The molecule has 2 saturated carbocycles. The standard InChI is InChI=1S/C27H25F3N6O2/c1-2-38-20-12-14(26(37)34-21-13-18(5-6-32-21)27(28,29)30)3-4-19(20)22-23-24(31)33-7-8-36(23)25(35-22)17-10-15-9-16(15)11-17/h3-8,12-13,15-17H,2,9-11H2,1H3,(H2,31,33)(H,32,34,37)/t15-,16+,17?. The number of halogens is 3. The van der Waals surface area contributed by atoms with Crippen LogP contribution in [0.2, 0.25) is 0 Å². The summed E-state index contributed by atoms with van der Waals surface area (Å²) in [7, 11) is 0. The molecular weight excluding hydrogens is 497 g/mol. The highest BCUT2D eigenvalue weighted by molar-refractivity contribution is 6.04. The van der Waals surface area contributed by atoms with Gasteiger partial charge in [0.2, 0.25) is 0 Å². The van der Waals surface area contributed by atoms with E-state index in [0.29, 0.717) is 40.9 Å². The first-order valence-electron chi connectivity index (χ1n) is 12.5. The van der Waals surface area contributed by atoms with E-state index >= 15 is 0 Å². The van der Waals surface area contributed by atoms with Crippen LogP contribution in [0.1, 0.15) is 53.8 Å². The quantitative estimate of drug-likeness (QED) is 0.344. The van der Waals surface area contributed by atoms with Crippen LogP contribution in [0.25, 0.3) is 16.8 Å². The second-order valence-electron chi connectivity index (χ2n) is 9.80. The van der Waals surface area contributed by atoms with E-state index in [9.17, 15) is 18.0 Å². The molecule has 0 radical (unpaired) electrons. The number of ether oxygens (including phenoxy) is 1. The number of carbonyl (C=O) groups is 1. The normalized spacial score (nSPS) is 20.4. The molecule has 1 amide bonds. The number of nitrogens with two attached hydrogens (primary N) is 1. The number of fused-ring (bicyclic) bond motifs is 2. The number of anilines is 2. The van der Waals surface area contributed by atoms with Gasteiger partial charge in [0, 0.05) is 35.6 Å². The third kappa shape index (κ3) is 4.31. The average Bonchev–Trinajstić information content (AvgIpc) is 3.30. The zero-order chi connectivity index (χ0) is 26.6. The minimum Gasteiger partial charge on any atom is -0.493 e. The summed E-state index contributed by atoms with van der Waals surface area (Å²) in [6.07, 6.45) is 3.48. The van der Waals surface area contributed by atoms with E-state index in [1.165, 1.54) is 6.42 Å². The number of hydrogen-bond donors (Lipinski definition) is 2. The predicted molar refractivity (Wildman–Crippen MR) is 135 cm³/mol. The van der Waals surface area contributed by atoms with Gasteiger partial charge in [-0.2, -0.15) is 13.2 Å². The molecule has 196 valence electrons. The van der Waals surface area contributed by atoms with Crippen LogP contribution in [0.3, 0.4) is 0 Å². The Bertz CT molecular complexity index is 1540. The molecule has 3 aromatic heterocycles. The maximum absolute atomic E-state index is 13.1. The van der Waals surface area contributed by atoms with Gasteiger partial charge in [0.25, 0.3) is 5.91 Å². The molecule has 3 heterocycles. The monoisotopic (exact) mass is 522 g/mol. The number of nitrogens with zero attached hydrogens (tertiary/aromatic N) is 4. The summed E-state index contributed by atoms with van der Waals surface area (Å²) in [6.45, 7) is 2.14. The molecule has 0 bridgehead atoms. The molecule has 38 heavy (non-hydrogen) atoms. The molecule has 2 aliphatic carbocycles. The molecule has 1 unspecified atom stereocenters. The smallest absolute Gasteiger partial charge is 0.416 e. The Morgan fingerprint density at radius 3 is 2.66 bits per heavy atom. The third-order valence-electron chi connectivity index (χ3n) is 7.35. The average molecular weight is 523 g/mol. The number of rotatable bonds is 6. The topological polar surface area (TPSA) is 107 Å². The van der Waals surface area contributed by atoms with Crippen molar-refractivity contribution in [3.8, 4) is 17.0 Å². The zero-order valence-electron chi connectivity index (χ0n) is 20.5. The van der Waals surface area contributed by atoms with Gasteiger partial charge >= 0.3 is 6.18 Å². The fourth-order valence-corrected chi connectivity index (χ4v) is 5.49. The van der Waals surface area contributed by atoms with E-state index in [0.717, 1.165) is 48.8 Å². The number of pyridine rings is 1. The maximum Gasteiger partial charge on any atom is 0.416 e. The van der Waals surface area contributed by atoms with Gasteiger partial charge in [-0.15, -0.1) is 0 Å². The van der Waals surface area contributed by atoms with Gasteiger partial charge in [-0.3, -0.25) is 9.20 Å². The first kappa shape index (κ1) is 24.2. The molecule has 2 fully saturated rings. The Balaban J connectivity index is 1.36. The van der Waals surface area contributed by atoms with Crippen LogP contribution in [0.5, 0.6) is 5.75 Å². The van der Waals surface area contributed by atoms with Gasteiger partial charge < -0.3 is 15.8 Å². The first-order chi connectivity index (χ1) is 18.2. The molecule has 8 nitrogen and oxygen atoms in total. The van der Waals surface area contributed by atoms with E-state index in [1.54, 1.807) is 24.4 Å². The van der Waals surface area contributed by atoms with Crippen LogP contribution in [-0.2, 0) is 6.18 Å². The van der Waals surface area contributed by atoms with Gasteiger partial charge in [-0.05, 0) is 68.4 Å². The second-order valence-corrected chi connectivity index (χ2v) is 9.80. The highest BCUT2D eigenvalue weighted by Gasteiger charge is 2.47. The third-order valence-corrected chi connectivity index (χ3v) is 7.35. The minimum atomic E-state index is -4.55. The zero-order valence-corrected chi connectivity index (χ0v) is 20.5. The Kier molecular flexibility index (Phi) is 5.73. The molecule has 6 rings (SSSR count). The number of alkyl halides is 3. The molecule has 4 aromatic rings. The highest BCUT2D eigenvalue weighted by atomic mass is 19.4. The van der Waals surface area contributed by atoms with Gasteiger partial charge in [0.15, 0.2) is 0 Å². The molecule has 0 spiro atoms. The molecule has 0 aliphatic heterocycles. The lowest BCUT2D eigenvalue weighted by Gasteiger charge is -2.12. The van der Waals surface area contributed by atoms with Gasteiger partial charge in [-0.1, -0.05) is 0 Å². The van der Waals surface area contributed by atoms with Gasteiger partial charge in [0.1, 0.15) is 34.4 Å². The molecule has 1 aromatic carbocycles. The fraction of sp³-hybridized carbons (Fsp3) is 0.333. The summed E-state index contributed by atoms with van der Waals surface area (Å²) in [5, 5.41) is 2.43. The molecule has 11 heteroatoms.